The molecule has 1 aromatic rings. The van der Waals surface area contributed by atoms with Gasteiger partial charge in [0.2, 0.25) is 0 Å². The summed E-state index contributed by atoms with van der Waals surface area (Å²) in [6.45, 7) is 1.40. The molecule has 2 heteroatoms. The number of piperidine rings is 1. The maximum Gasteiger partial charge on any atom is 0.0505 e. The maximum atomic E-state index is 9.76. The van der Waals surface area contributed by atoms with Crippen molar-refractivity contribution < 1.29 is 5.11 Å². The van der Waals surface area contributed by atoms with Crippen molar-refractivity contribution in [1.82, 2.24) is 5.32 Å². The number of hydrogen-bond acceptors (Lipinski definition) is 2. The lowest BCUT2D eigenvalue weighted by atomic mass is 9.64. The molecule has 3 rings (SSSR count). The third-order valence-electron chi connectivity index (χ3n) is 4.39. The van der Waals surface area contributed by atoms with Crippen LogP contribution in [0, 0.1) is 5.41 Å². The first kappa shape index (κ1) is 10.3. The second kappa shape index (κ2) is 3.86. The van der Waals surface area contributed by atoms with Crippen molar-refractivity contribution in [3.8, 4) is 0 Å². The topological polar surface area (TPSA) is 32.3 Å². The third-order valence-corrected chi connectivity index (χ3v) is 4.39. The molecular weight excluding hydrogens is 198 g/mol. The van der Waals surface area contributed by atoms with E-state index in [9.17, 15) is 5.11 Å². The van der Waals surface area contributed by atoms with E-state index >= 15 is 0 Å². The fourth-order valence-electron chi connectivity index (χ4n) is 3.43. The van der Waals surface area contributed by atoms with Crippen LogP contribution in [-0.4, -0.2) is 18.3 Å². The van der Waals surface area contributed by atoms with E-state index in [1.165, 1.54) is 17.5 Å². The van der Waals surface area contributed by atoms with E-state index in [1.54, 1.807) is 0 Å². The van der Waals surface area contributed by atoms with Gasteiger partial charge in [-0.05, 0) is 43.4 Å². The van der Waals surface area contributed by atoms with Crippen molar-refractivity contribution in [2.75, 3.05) is 13.2 Å². The molecule has 0 unspecified atom stereocenters. The molecule has 0 bridgehead atoms. The molecule has 0 saturated carbocycles. The van der Waals surface area contributed by atoms with Gasteiger partial charge in [-0.25, -0.2) is 0 Å². The Morgan fingerprint density at radius 2 is 2.19 bits per heavy atom. The third kappa shape index (κ3) is 1.40. The van der Waals surface area contributed by atoms with Crippen molar-refractivity contribution >= 4 is 0 Å². The van der Waals surface area contributed by atoms with E-state index in [4.69, 9.17) is 0 Å². The van der Waals surface area contributed by atoms with Gasteiger partial charge in [-0.15, -0.1) is 0 Å². The molecule has 0 aromatic heterocycles. The van der Waals surface area contributed by atoms with Gasteiger partial charge < -0.3 is 10.4 Å². The van der Waals surface area contributed by atoms with Gasteiger partial charge in [0.25, 0.3) is 0 Å². The van der Waals surface area contributed by atoms with Crippen molar-refractivity contribution in [3.63, 3.8) is 0 Å². The quantitative estimate of drug-likeness (QED) is 0.754. The molecule has 1 aliphatic carbocycles. The molecule has 1 saturated heterocycles. The molecule has 0 radical (unpaired) electrons. The van der Waals surface area contributed by atoms with Crippen LogP contribution >= 0.6 is 0 Å². The van der Waals surface area contributed by atoms with Crippen LogP contribution in [-0.2, 0) is 6.42 Å². The van der Waals surface area contributed by atoms with Crippen LogP contribution in [0.15, 0.2) is 24.3 Å². The van der Waals surface area contributed by atoms with Crippen LogP contribution in [0.3, 0.4) is 0 Å². The Morgan fingerprint density at radius 3 is 3.06 bits per heavy atom. The van der Waals surface area contributed by atoms with Gasteiger partial charge in [-0.1, -0.05) is 24.3 Å². The summed E-state index contributed by atoms with van der Waals surface area (Å²) in [6.07, 6.45) is 4.60. The minimum atomic E-state index is 0.104. The molecule has 16 heavy (non-hydrogen) atoms. The highest BCUT2D eigenvalue weighted by molar-refractivity contribution is 5.35. The Morgan fingerprint density at radius 1 is 1.31 bits per heavy atom. The number of aryl methyl sites for hydroxylation is 1. The highest BCUT2D eigenvalue weighted by Crippen LogP contribution is 2.48. The molecule has 1 heterocycles. The van der Waals surface area contributed by atoms with Crippen molar-refractivity contribution in [2.45, 2.75) is 31.7 Å². The highest BCUT2D eigenvalue weighted by atomic mass is 16.3. The number of rotatable bonds is 1. The van der Waals surface area contributed by atoms with E-state index in [1.807, 2.05) is 0 Å². The van der Waals surface area contributed by atoms with E-state index in [0.717, 1.165) is 25.8 Å². The predicted octanol–water partition coefficient (Wildman–Crippen LogP) is 2.04. The first-order valence-electron chi connectivity index (χ1n) is 6.28. The lowest BCUT2D eigenvalue weighted by Crippen LogP contribution is -2.48. The van der Waals surface area contributed by atoms with E-state index in [2.05, 4.69) is 29.6 Å². The average Bonchev–Trinajstić information content (AvgIpc) is 2.38. The van der Waals surface area contributed by atoms with E-state index < -0.39 is 0 Å². The Balaban J connectivity index is 2.04. The lowest BCUT2D eigenvalue weighted by molar-refractivity contribution is 0.0347. The molecule has 2 N–H and O–H groups in total. The van der Waals surface area contributed by atoms with Gasteiger partial charge in [-0.3, -0.25) is 0 Å². The van der Waals surface area contributed by atoms with E-state index in [-0.39, 0.29) is 5.41 Å². The first-order chi connectivity index (χ1) is 7.86. The number of aliphatic hydroxyl groups excluding tert-OH is 1. The lowest BCUT2D eigenvalue weighted by Gasteiger charge is -2.47. The summed E-state index contributed by atoms with van der Waals surface area (Å²) >= 11 is 0. The SMILES string of the molecule is OC[C@@]12CCCN[C@H]1c1ccccc1CC2. The Labute approximate surface area is 96.7 Å². The van der Waals surface area contributed by atoms with Gasteiger partial charge in [-0.2, -0.15) is 0 Å². The normalized spacial score (nSPS) is 32.9. The summed E-state index contributed by atoms with van der Waals surface area (Å²) in [5.41, 5.74) is 2.99. The molecule has 0 amide bonds. The molecule has 0 spiro atoms. The minimum Gasteiger partial charge on any atom is -0.396 e. The summed E-state index contributed by atoms with van der Waals surface area (Å²) in [7, 11) is 0. The molecule has 1 aliphatic heterocycles. The standard InChI is InChI=1S/C14H19NO/c16-10-14-7-3-9-15-13(14)12-5-2-1-4-11(12)6-8-14/h1-2,4-5,13,15-16H,3,6-10H2/t13-,14-/m0/s1. The van der Waals surface area contributed by atoms with Gasteiger partial charge >= 0.3 is 0 Å². The number of benzene rings is 1. The zero-order valence-corrected chi connectivity index (χ0v) is 9.58. The predicted molar refractivity (Wildman–Crippen MR) is 64.3 cm³/mol. The summed E-state index contributed by atoms with van der Waals surface area (Å²) in [6, 6.07) is 9.06. The molecule has 2 atom stereocenters. The number of nitrogens with one attached hydrogen (secondary N) is 1. The van der Waals surface area contributed by atoms with Crippen molar-refractivity contribution in [3.05, 3.63) is 35.4 Å². The second-order valence-corrected chi connectivity index (χ2v) is 5.21. The second-order valence-electron chi connectivity index (χ2n) is 5.21. The number of hydrogen-bond donors (Lipinski definition) is 2. The monoisotopic (exact) mass is 217 g/mol. The molecule has 1 fully saturated rings. The average molecular weight is 217 g/mol. The zero-order chi connectivity index (χ0) is 11.0. The summed E-state index contributed by atoms with van der Waals surface area (Å²) < 4.78 is 0. The van der Waals surface area contributed by atoms with Crippen molar-refractivity contribution in [2.24, 2.45) is 5.41 Å². The largest absolute Gasteiger partial charge is 0.396 e. The van der Waals surface area contributed by atoms with Gasteiger partial charge in [0, 0.05) is 11.5 Å². The molecule has 2 nitrogen and oxygen atoms in total. The number of aliphatic hydroxyl groups is 1. The summed E-state index contributed by atoms with van der Waals surface area (Å²) in [4.78, 5) is 0. The van der Waals surface area contributed by atoms with Crippen LogP contribution in [0.25, 0.3) is 0 Å². The molecule has 86 valence electrons. The molecular formula is C14H19NO. The highest BCUT2D eigenvalue weighted by Gasteiger charge is 2.43. The van der Waals surface area contributed by atoms with Gasteiger partial charge in [0.15, 0.2) is 0 Å². The van der Waals surface area contributed by atoms with Crippen LogP contribution in [0.4, 0.5) is 0 Å². The Hall–Kier alpha value is -0.860. The first-order valence-corrected chi connectivity index (χ1v) is 6.28. The zero-order valence-electron chi connectivity index (χ0n) is 9.58. The van der Waals surface area contributed by atoms with Crippen LogP contribution < -0.4 is 5.32 Å². The fourth-order valence-corrected chi connectivity index (χ4v) is 3.43. The van der Waals surface area contributed by atoms with E-state index in [0.29, 0.717) is 12.6 Å². The Kier molecular flexibility index (Phi) is 2.49. The smallest absolute Gasteiger partial charge is 0.0505 e. The minimum absolute atomic E-state index is 0.104. The van der Waals surface area contributed by atoms with Crippen LogP contribution in [0.5, 0.6) is 0 Å². The number of fused-ring (bicyclic) bond motifs is 3. The van der Waals surface area contributed by atoms with Gasteiger partial charge in [0.05, 0.1) is 6.61 Å². The van der Waals surface area contributed by atoms with Crippen molar-refractivity contribution in [1.29, 1.82) is 0 Å². The Bertz CT molecular complexity index is 390. The van der Waals surface area contributed by atoms with Gasteiger partial charge in [0.1, 0.15) is 0 Å². The molecule has 1 aromatic carbocycles. The van der Waals surface area contributed by atoms with Crippen LogP contribution in [0.2, 0.25) is 0 Å². The fraction of sp³-hybridized carbons (Fsp3) is 0.571. The van der Waals surface area contributed by atoms with Crippen LogP contribution in [0.1, 0.15) is 36.4 Å². The summed E-state index contributed by atoms with van der Waals surface area (Å²) in [5.74, 6) is 0. The molecule has 2 aliphatic rings. The summed E-state index contributed by atoms with van der Waals surface area (Å²) in [5, 5.41) is 13.4. The maximum absolute atomic E-state index is 9.76.